The summed E-state index contributed by atoms with van der Waals surface area (Å²) in [6.45, 7) is 6.13. The lowest BCUT2D eigenvalue weighted by Gasteiger charge is -2.10. The summed E-state index contributed by atoms with van der Waals surface area (Å²) < 4.78 is 16.3. The Kier molecular flexibility index (Phi) is 7.66. The van der Waals surface area contributed by atoms with Crippen molar-refractivity contribution in [3.63, 3.8) is 0 Å². The lowest BCUT2D eigenvalue weighted by atomic mass is 10.0. The first-order chi connectivity index (χ1) is 15.7. The average Bonchev–Trinajstić information content (AvgIpc) is 3.21. The van der Waals surface area contributed by atoms with Crippen LogP contribution in [0.15, 0.2) is 86.3 Å². The number of ether oxygens (including phenoxy) is 2. The lowest BCUT2D eigenvalue weighted by Crippen LogP contribution is -2.05. The fraction of sp³-hybridized carbons (Fsp3) is 0.269. The molecule has 1 unspecified atom stereocenters. The van der Waals surface area contributed by atoms with Crippen molar-refractivity contribution in [2.45, 2.75) is 39.7 Å². The van der Waals surface area contributed by atoms with Crippen molar-refractivity contribution in [1.82, 2.24) is 0 Å². The number of methoxy groups -OCH3 is 1. The van der Waals surface area contributed by atoms with Crippen molar-refractivity contribution < 1.29 is 18.8 Å². The molecule has 0 bridgehead atoms. The zero-order chi connectivity index (χ0) is 24.0. The number of allylic oxidation sites excluding steroid dienone is 5. The van der Waals surface area contributed by atoms with E-state index in [2.05, 4.69) is 19.1 Å². The number of non-ortho nitro benzene ring substituents is 1. The summed E-state index contributed by atoms with van der Waals surface area (Å²) in [5.74, 6) is 0.604. The van der Waals surface area contributed by atoms with Gasteiger partial charge in [-0.1, -0.05) is 34.9 Å². The van der Waals surface area contributed by atoms with E-state index in [4.69, 9.17) is 13.9 Å². The molecule has 172 valence electrons. The van der Waals surface area contributed by atoms with Gasteiger partial charge in [0.1, 0.15) is 0 Å². The van der Waals surface area contributed by atoms with Crippen LogP contribution in [0, 0.1) is 10.1 Å². The lowest BCUT2D eigenvalue weighted by molar-refractivity contribution is -0.384. The Hall–Kier alpha value is -3.87. The monoisotopic (exact) mass is 449 g/mol. The van der Waals surface area contributed by atoms with Gasteiger partial charge in [-0.05, 0) is 50.5 Å². The molecule has 0 spiro atoms. The molecule has 0 saturated heterocycles. The molecule has 0 aliphatic carbocycles. The van der Waals surface area contributed by atoms with Crippen molar-refractivity contribution in [1.29, 1.82) is 0 Å². The first-order valence-corrected chi connectivity index (χ1v) is 10.5. The van der Waals surface area contributed by atoms with Crippen LogP contribution in [0.1, 0.15) is 51.0 Å². The van der Waals surface area contributed by atoms with Gasteiger partial charge in [-0.15, -0.1) is 0 Å². The van der Waals surface area contributed by atoms with Crippen molar-refractivity contribution in [2.24, 2.45) is 0 Å². The minimum absolute atomic E-state index is 0.0858. The average molecular weight is 450 g/mol. The van der Waals surface area contributed by atoms with E-state index in [1.165, 1.54) is 36.9 Å². The van der Waals surface area contributed by atoms with Gasteiger partial charge >= 0.3 is 0 Å². The van der Waals surface area contributed by atoms with Gasteiger partial charge in [0.15, 0.2) is 17.3 Å². The third-order valence-electron chi connectivity index (χ3n) is 5.05. The number of hydrogen-bond donors (Lipinski definition) is 0. The molecule has 0 fully saturated rings. The largest absolute Gasteiger partial charge is 0.489 e. The fourth-order valence-electron chi connectivity index (χ4n) is 3.71. The third-order valence-corrected chi connectivity index (χ3v) is 5.05. The first-order valence-electron chi connectivity index (χ1n) is 10.5. The second-order valence-corrected chi connectivity index (χ2v) is 8.14. The van der Waals surface area contributed by atoms with Gasteiger partial charge in [0.2, 0.25) is 0 Å². The van der Waals surface area contributed by atoms with E-state index in [-0.39, 0.29) is 23.2 Å². The molecule has 0 radical (unpaired) electrons. The number of benzene rings is 1. The van der Waals surface area contributed by atoms with Crippen LogP contribution >= 0.6 is 0 Å². The Bertz CT molecular complexity index is 1200. The molecule has 1 aromatic heterocycles. The standard InChI is InChI=1S/C26H27NO6/c1-17(9-18(2)11-20-5-7-22(8-6-20)27(29)30)10-19(3)12-21-13-24(32-16-21)25-14-23(28)15-26(31-4)33-25/h5-8,10-12,14-16,24H,9,13H2,1-4H3/b17-10-,18-11+,19-12-. The molecule has 1 aliphatic rings. The summed E-state index contributed by atoms with van der Waals surface area (Å²) in [7, 11) is 1.45. The summed E-state index contributed by atoms with van der Waals surface area (Å²) >= 11 is 0. The van der Waals surface area contributed by atoms with Crippen molar-refractivity contribution in [3.8, 4) is 5.95 Å². The van der Waals surface area contributed by atoms with Crippen LogP contribution < -0.4 is 10.2 Å². The number of nitro benzene ring substituents is 1. The number of rotatable bonds is 8. The molecule has 1 atom stereocenters. The first kappa shape index (κ1) is 23.8. The number of nitro groups is 1. The predicted octanol–water partition coefficient (Wildman–Crippen LogP) is 6.29. The molecule has 0 N–H and O–H groups in total. The van der Waals surface area contributed by atoms with E-state index in [1.807, 2.05) is 19.9 Å². The summed E-state index contributed by atoms with van der Waals surface area (Å²) in [6.07, 6.45) is 8.92. The third kappa shape index (κ3) is 6.80. The molecular weight excluding hydrogens is 422 g/mol. The fourth-order valence-corrected chi connectivity index (χ4v) is 3.71. The van der Waals surface area contributed by atoms with Gasteiger partial charge in [0, 0.05) is 24.6 Å². The molecular formula is C26H27NO6. The molecule has 33 heavy (non-hydrogen) atoms. The van der Waals surface area contributed by atoms with Crippen LogP contribution in [0.2, 0.25) is 0 Å². The molecule has 1 aromatic carbocycles. The van der Waals surface area contributed by atoms with Gasteiger partial charge in [-0.3, -0.25) is 14.9 Å². The second-order valence-electron chi connectivity index (χ2n) is 8.14. The minimum Gasteiger partial charge on any atom is -0.489 e. The summed E-state index contributed by atoms with van der Waals surface area (Å²) in [5, 5.41) is 10.8. The quantitative estimate of drug-likeness (QED) is 0.267. The molecule has 2 aromatic rings. The normalized spacial score (nSPS) is 16.9. The molecule has 0 amide bonds. The van der Waals surface area contributed by atoms with E-state index in [9.17, 15) is 14.9 Å². The molecule has 1 aliphatic heterocycles. The summed E-state index contributed by atoms with van der Waals surface area (Å²) in [5.41, 5.74) is 5.26. The smallest absolute Gasteiger partial charge is 0.288 e. The highest BCUT2D eigenvalue weighted by Crippen LogP contribution is 2.33. The molecule has 2 heterocycles. The maximum absolute atomic E-state index is 11.8. The molecule has 0 saturated carbocycles. The summed E-state index contributed by atoms with van der Waals surface area (Å²) in [6, 6.07) is 9.23. The van der Waals surface area contributed by atoms with Gasteiger partial charge in [-0.25, -0.2) is 0 Å². The van der Waals surface area contributed by atoms with E-state index >= 15 is 0 Å². The Morgan fingerprint density at radius 2 is 1.88 bits per heavy atom. The molecule has 3 rings (SSSR count). The van der Waals surface area contributed by atoms with Crippen molar-refractivity contribution in [3.05, 3.63) is 109 Å². The van der Waals surface area contributed by atoms with Gasteiger partial charge in [0.05, 0.1) is 24.4 Å². The zero-order valence-corrected chi connectivity index (χ0v) is 19.2. The highest BCUT2D eigenvalue weighted by molar-refractivity contribution is 5.55. The highest BCUT2D eigenvalue weighted by atomic mass is 16.6. The van der Waals surface area contributed by atoms with E-state index in [1.54, 1.807) is 18.4 Å². The Morgan fingerprint density at radius 3 is 2.55 bits per heavy atom. The molecule has 7 heteroatoms. The number of hydrogen-bond acceptors (Lipinski definition) is 6. The SMILES string of the molecule is COc1cc(=O)cc(C2CC(/C=C(C)\C=C(\C)C/C(C)=C/c3ccc([N+](=O)[O-])cc3)=CO2)o1. The van der Waals surface area contributed by atoms with Gasteiger partial charge < -0.3 is 13.9 Å². The van der Waals surface area contributed by atoms with E-state index in [0.717, 1.165) is 28.7 Å². The molecule has 7 nitrogen and oxygen atoms in total. The van der Waals surface area contributed by atoms with Crippen LogP contribution in [0.5, 0.6) is 5.95 Å². The van der Waals surface area contributed by atoms with Crippen LogP contribution in [0.25, 0.3) is 6.08 Å². The Morgan fingerprint density at radius 1 is 1.15 bits per heavy atom. The zero-order valence-electron chi connectivity index (χ0n) is 19.2. The maximum Gasteiger partial charge on any atom is 0.288 e. The Labute approximate surface area is 192 Å². The highest BCUT2D eigenvalue weighted by Gasteiger charge is 2.23. The second kappa shape index (κ2) is 10.6. The Balaban J connectivity index is 1.61. The van der Waals surface area contributed by atoms with Crippen molar-refractivity contribution >= 4 is 11.8 Å². The number of nitrogens with zero attached hydrogens (tertiary/aromatic N) is 1. The van der Waals surface area contributed by atoms with Crippen LogP contribution in [-0.4, -0.2) is 12.0 Å². The van der Waals surface area contributed by atoms with Crippen LogP contribution in [0.3, 0.4) is 0 Å². The maximum atomic E-state index is 11.8. The van der Waals surface area contributed by atoms with Crippen molar-refractivity contribution in [2.75, 3.05) is 7.11 Å². The minimum atomic E-state index is -0.401. The van der Waals surface area contributed by atoms with E-state index in [0.29, 0.717) is 12.2 Å². The van der Waals surface area contributed by atoms with Gasteiger partial charge in [0.25, 0.3) is 11.6 Å². The van der Waals surface area contributed by atoms with E-state index < -0.39 is 4.92 Å². The van der Waals surface area contributed by atoms with Gasteiger partial charge in [-0.2, -0.15) is 0 Å². The van der Waals surface area contributed by atoms with Crippen LogP contribution in [-0.2, 0) is 4.74 Å². The van der Waals surface area contributed by atoms with Crippen LogP contribution in [0.4, 0.5) is 5.69 Å². The summed E-state index contributed by atoms with van der Waals surface area (Å²) in [4.78, 5) is 22.2. The topological polar surface area (TPSA) is 91.8 Å². The predicted molar refractivity (Wildman–Crippen MR) is 127 cm³/mol.